The predicted molar refractivity (Wildman–Crippen MR) is 68.0 cm³/mol. The van der Waals surface area contributed by atoms with Crippen molar-refractivity contribution in [1.29, 1.82) is 0 Å². The van der Waals surface area contributed by atoms with Crippen molar-refractivity contribution in [2.75, 3.05) is 7.11 Å². The molecule has 1 amide bonds. The lowest BCUT2D eigenvalue weighted by atomic mass is 10.4. The second-order valence-corrected chi connectivity index (χ2v) is 4.17. The van der Waals surface area contributed by atoms with E-state index in [4.69, 9.17) is 9.15 Å². The maximum absolute atomic E-state index is 12.7. The van der Waals surface area contributed by atoms with Crippen LogP contribution in [0, 0.1) is 0 Å². The molecule has 0 saturated carbocycles. The number of aliphatic imine (C=N–C) groups is 1. The van der Waals surface area contributed by atoms with Gasteiger partial charge in [-0.3, -0.25) is 5.32 Å². The van der Waals surface area contributed by atoms with Crippen molar-refractivity contribution in [3.63, 3.8) is 0 Å². The first-order chi connectivity index (χ1) is 10.1. The molecule has 0 aliphatic heterocycles. The molecule has 0 radical (unpaired) electrons. The van der Waals surface area contributed by atoms with E-state index in [1.165, 1.54) is 5.32 Å². The molecule has 0 aliphatic carbocycles. The zero-order chi connectivity index (χ0) is 16.9. The first-order valence-electron chi connectivity index (χ1n) is 5.95. The minimum atomic E-state index is -4.94. The zero-order valence-corrected chi connectivity index (χ0v) is 11.9. The second kappa shape index (κ2) is 6.96. The summed E-state index contributed by atoms with van der Waals surface area (Å²) in [6.45, 7) is 3.20. The summed E-state index contributed by atoms with van der Waals surface area (Å²) in [4.78, 5) is 25.5. The average Bonchev–Trinajstić information content (AvgIpc) is 2.84. The number of halogens is 3. The fourth-order valence-corrected chi connectivity index (χ4v) is 1.19. The molecule has 1 heterocycles. The molecule has 0 bridgehead atoms. The summed E-state index contributed by atoms with van der Waals surface area (Å²) in [6, 6.07) is 2.14. The quantitative estimate of drug-likeness (QED) is 0.525. The number of methoxy groups -OCH3 is 1. The molecule has 0 spiro atoms. The van der Waals surface area contributed by atoms with Gasteiger partial charge in [-0.1, -0.05) is 0 Å². The number of carbonyl (C=O) groups excluding carboxylic acids is 2. The molecular formula is C12H13F3N2O5. The third-order valence-electron chi connectivity index (χ3n) is 2.03. The number of ether oxygens (including phenoxy) is 2. The molecule has 0 fully saturated rings. The van der Waals surface area contributed by atoms with Crippen LogP contribution in [0.4, 0.5) is 23.8 Å². The Kier molecular flexibility index (Phi) is 5.55. The molecular weight excluding hydrogens is 309 g/mol. The van der Waals surface area contributed by atoms with Gasteiger partial charge >= 0.3 is 18.2 Å². The normalized spacial score (nSPS) is 12.2. The highest BCUT2D eigenvalue weighted by molar-refractivity contribution is 5.99. The van der Waals surface area contributed by atoms with Crippen LogP contribution in [0.5, 0.6) is 0 Å². The van der Waals surface area contributed by atoms with E-state index < -0.39 is 36.1 Å². The summed E-state index contributed by atoms with van der Waals surface area (Å²) in [5, 5.41) is 1.41. The molecule has 122 valence electrons. The van der Waals surface area contributed by atoms with Gasteiger partial charge in [0, 0.05) is 6.07 Å². The molecule has 1 N–H and O–H groups in total. The van der Waals surface area contributed by atoms with E-state index in [9.17, 15) is 22.8 Å². The first-order valence-corrected chi connectivity index (χ1v) is 5.95. The summed E-state index contributed by atoms with van der Waals surface area (Å²) < 4.78 is 51.8. The van der Waals surface area contributed by atoms with Crippen LogP contribution in [0.3, 0.4) is 0 Å². The highest BCUT2D eigenvalue weighted by Gasteiger charge is 2.38. The van der Waals surface area contributed by atoms with Gasteiger partial charge in [0.25, 0.3) is 0 Å². The van der Waals surface area contributed by atoms with Crippen LogP contribution in [0.15, 0.2) is 21.5 Å². The molecule has 0 unspecified atom stereocenters. The SMILES string of the molecule is COC(=O)N/C(=N/c1ccc(C(=O)OC(C)C)o1)C(F)(F)F. The lowest BCUT2D eigenvalue weighted by Crippen LogP contribution is -2.40. The minimum absolute atomic E-state index is 0.313. The number of nitrogens with zero attached hydrogens (tertiary/aromatic N) is 1. The number of amidine groups is 1. The Morgan fingerprint density at radius 1 is 1.32 bits per heavy atom. The van der Waals surface area contributed by atoms with Crippen LogP contribution in [0.2, 0.25) is 0 Å². The number of hydrogen-bond donors (Lipinski definition) is 1. The molecule has 0 aromatic carbocycles. The lowest BCUT2D eigenvalue weighted by molar-refractivity contribution is -0.0616. The molecule has 1 rings (SSSR count). The van der Waals surface area contributed by atoms with Crippen molar-refractivity contribution in [3.8, 4) is 0 Å². The van der Waals surface area contributed by atoms with Gasteiger partial charge in [-0.05, 0) is 19.9 Å². The van der Waals surface area contributed by atoms with Crippen LogP contribution >= 0.6 is 0 Å². The summed E-state index contributed by atoms with van der Waals surface area (Å²) in [7, 11) is 0.899. The highest BCUT2D eigenvalue weighted by Crippen LogP contribution is 2.23. The van der Waals surface area contributed by atoms with Gasteiger partial charge in [-0.2, -0.15) is 18.2 Å². The van der Waals surface area contributed by atoms with Gasteiger partial charge in [-0.25, -0.2) is 9.59 Å². The van der Waals surface area contributed by atoms with E-state index in [1.54, 1.807) is 13.8 Å². The Morgan fingerprint density at radius 3 is 2.45 bits per heavy atom. The van der Waals surface area contributed by atoms with E-state index in [0.29, 0.717) is 0 Å². The Hall–Kier alpha value is -2.52. The topological polar surface area (TPSA) is 90.1 Å². The lowest BCUT2D eigenvalue weighted by Gasteiger charge is -2.10. The maximum Gasteiger partial charge on any atom is 0.449 e. The zero-order valence-electron chi connectivity index (χ0n) is 11.9. The van der Waals surface area contributed by atoms with Crippen molar-refractivity contribution in [3.05, 3.63) is 17.9 Å². The predicted octanol–water partition coefficient (Wildman–Crippen LogP) is 2.79. The van der Waals surface area contributed by atoms with Crippen LogP contribution in [0.1, 0.15) is 24.4 Å². The molecule has 0 saturated heterocycles. The monoisotopic (exact) mass is 322 g/mol. The van der Waals surface area contributed by atoms with Crippen LogP contribution in [0.25, 0.3) is 0 Å². The highest BCUT2D eigenvalue weighted by atomic mass is 19.4. The summed E-state index contributed by atoms with van der Waals surface area (Å²) in [5.41, 5.74) is 0. The number of nitrogens with one attached hydrogen (secondary N) is 1. The van der Waals surface area contributed by atoms with E-state index in [1.807, 2.05) is 0 Å². The Bertz CT molecular complexity index is 578. The molecule has 0 aliphatic rings. The van der Waals surface area contributed by atoms with Crippen molar-refractivity contribution in [2.24, 2.45) is 4.99 Å². The first kappa shape index (κ1) is 17.5. The number of esters is 1. The number of alkyl halides is 3. The van der Waals surface area contributed by atoms with E-state index >= 15 is 0 Å². The standard InChI is InChI=1S/C12H13F3N2O5/c1-6(2)21-9(18)7-4-5-8(22-7)16-10(12(13,14)15)17-11(19)20-3/h4-6H,1-3H3,(H,16,17,19). The Labute approximate surface area is 123 Å². The largest absolute Gasteiger partial charge is 0.457 e. The summed E-state index contributed by atoms with van der Waals surface area (Å²) >= 11 is 0. The number of carbonyl (C=O) groups is 2. The second-order valence-electron chi connectivity index (χ2n) is 4.17. The molecule has 7 nitrogen and oxygen atoms in total. The van der Waals surface area contributed by atoms with E-state index in [-0.39, 0.29) is 5.76 Å². The summed E-state index contributed by atoms with van der Waals surface area (Å²) in [5.74, 6) is -3.32. The van der Waals surface area contributed by atoms with Crippen molar-refractivity contribution in [2.45, 2.75) is 26.1 Å². The Morgan fingerprint density at radius 2 is 1.95 bits per heavy atom. The molecule has 10 heteroatoms. The third-order valence-corrected chi connectivity index (χ3v) is 2.03. The maximum atomic E-state index is 12.7. The van der Waals surface area contributed by atoms with Gasteiger partial charge < -0.3 is 13.9 Å². The van der Waals surface area contributed by atoms with Crippen molar-refractivity contribution >= 4 is 23.8 Å². The fraction of sp³-hybridized carbons (Fsp3) is 0.417. The van der Waals surface area contributed by atoms with Crippen LogP contribution in [-0.2, 0) is 9.47 Å². The van der Waals surface area contributed by atoms with Gasteiger partial charge in [0.2, 0.25) is 17.5 Å². The number of hydrogen-bond acceptors (Lipinski definition) is 6. The smallest absolute Gasteiger partial charge is 0.449 e. The van der Waals surface area contributed by atoms with Gasteiger partial charge in [0.1, 0.15) is 0 Å². The van der Waals surface area contributed by atoms with Gasteiger partial charge in [0.15, 0.2) is 0 Å². The van der Waals surface area contributed by atoms with Crippen LogP contribution in [-0.4, -0.2) is 37.3 Å². The third kappa shape index (κ3) is 5.11. The Balaban J connectivity index is 2.99. The van der Waals surface area contributed by atoms with Gasteiger partial charge in [0.05, 0.1) is 13.2 Å². The molecule has 0 atom stereocenters. The number of amides is 1. The fourth-order valence-electron chi connectivity index (χ4n) is 1.19. The number of furan rings is 1. The minimum Gasteiger partial charge on any atom is -0.457 e. The molecule has 22 heavy (non-hydrogen) atoms. The van der Waals surface area contributed by atoms with E-state index in [2.05, 4.69) is 9.73 Å². The number of alkyl carbamates (subject to hydrolysis) is 1. The average molecular weight is 322 g/mol. The number of rotatable bonds is 3. The molecule has 1 aromatic heterocycles. The van der Waals surface area contributed by atoms with Crippen molar-refractivity contribution < 1.29 is 36.7 Å². The van der Waals surface area contributed by atoms with Crippen LogP contribution < -0.4 is 5.32 Å². The van der Waals surface area contributed by atoms with Crippen molar-refractivity contribution in [1.82, 2.24) is 5.32 Å². The summed E-state index contributed by atoms with van der Waals surface area (Å²) in [6.07, 6.45) is -6.71. The van der Waals surface area contributed by atoms with Gasteiger partial charge in [-0.15, -0.1) is 0 Å². The van der Waals surface area contributed by atoms with E-state index in [0.717, 1.165) is 19.2 Å². The molecule has 1 aromatic rings.